The van der Waals surface area contributed by atoms with Crippen LogP contribution in [0.5, 0.6) is 0 Å². The number of aliphatic hydroxyl groups is 2. The van der Waals surface area contributed by atoms with Crippen LogP contribution in [-0.4, -0.2) is 38.7 Å². The Balaban J connectivity index is 0. The Morgan fingerprint density at radius 3 is 1.13 bits per heavy atom. The standard InChI is InChI=1S/C14H30O2.C10H18O4/c1-2-3-4-5-6-7-8-9-10-11-12-13-14(15)16;11-9(12)7-5-3-1-2-4-6-8-10(13)14/h14-16H,2-13H2,1H3;1-8H2,(H,11,12)(H,13,14). The van der Waals surface area contributed by atoms with E-state index in [1.165, 1.54) is 57.8 Å². The highest BCUT2D eigenvalue weighted by Gasteiger charge is 1.99. The summed E-state index contributed by atoms with van der Waals surface area (Å²) in [6, 6.07) is 0. The number of carbonyl (C=O) groups is 2. The molecule has 0 spiro atoms. The first-order valence-electron chi connectivity index (χ1n) is 12.2. The number of hydrogen-bond acceptors (Lipinski definition) is 4. The second kappa shape index (κ2) is 25.9. The molecular formula is C24H48O6. The Morgan fingerprint density at radius 1 is 0.533 bits per heavy atom. The molecule has 0 bridgehead atoms. The van der Waals surface area contributed by atoms with E-state index < -0.39 is 18.2 Å². The molecule has 0 aromatic heterocycles. The van der Waals surface area contributed by atoms with Gasteiger partial charge in [-0.15, -0.1) is 0 Å². The fourth-order valence-electron chi connectivity index (χ4n) is 3.25. The van der Waals surface area contributed by atoms with Crippen LogP contribution in [0, 0.1) is 0 Å². The van der Waals surface area contributed by atoms with Crippen LogP contribution in [0.4, 0.5) is 0 Å². The molecule has 0 unspecified atom stereocenters. The molecule has 0 atom stereocenters. The van der Waals surface area contributed by atoms with Crippen molar-refractivity contribution in [1.29, 1.82) is 0 Å². The maximum Gasteiger partial charge on any atom is 0.303 e. The molecule has 0 aliphatic heterocycles. The van der Waals surface area contributed by atoms with E-state index in [0.29, 0.717) is 6.42 Å². The molecule has 0 saturated heterocycles. The number of aliphatic carboxylic acids is 2. The van der Waals surface area contributed by atoms with E-state index in [2.05, 4.69) is 6.92 Å². The molecule has 0 rings (SSSR count). The summed E-state index contributed by atoms with van der Waals surface area (Å²) in [7, 11) is 0. The number of hydrogen-bond donors (Lipinski definition) is 4. The topological polar surface area (TPSA) is 115 Å². The van der Waals surface area contributed by atoms with Gasteiger partial charge < -0.3 is 20.4 Å². The van der Waals surface area contributed by atoms with Gasteiger partial charge in [-0.2, -0.15) is 0 Å². The number of unbranched alkanes of at least 4 members (excludes halogenated alkanes) is 15. The van der Waals surface area contributed by atoms with Crippen LogP contribution < -0.4 is 0 Å². The summed E-state index contributed by atoms with van der Waals surface area (Å²) in [5, 5.41) is 34.0. The van der Waals surface area contributed by atoms with Gasteiger partial charge in [0, 0.05) is 12.8 Å². The van der Waals surface area contributed by atoms with E-state index in [4.69, 9.17) is 20.4 Å². The summed E-state index contributed by atoms with van der Waals surface area (Å²) in [6.45, 7) is 2.25. The summed E-state index contributed by atoms with van der Waals surface area (Å²) in [6.07, 6.45) is 19.6. The molecule has 0 aromatic carbocycles. The second-order valence-corrected chi connectivity index (χ2v) is 8.21. The van der Waals surface area contributed by atoms with E-state index in [1.54, 1.807) is 0 Å². The number of rotatable bonds is 21. The van der Waals surface area contributed by atoms with Gasteiger partial charge in [0.05, 0.1) is 0 Å². The number of carboxylic acid groups (broad SMARTS) is 2. The fourth-order valence-corrected chi connectivity index (χ4v) is 3.25. The highest BCUT2D eigenvalue weighted by Crippen LogP contribution is 2.12. The molecule has 30 heavy (non-hydrogen) atoms. The molecule has 0 aliphatic carbocycles. The van der Waals surface area contributed by atoms with Gasteiger partial charge in [-0.05, 0) is 25.7 Å². The highest BCUT2D eigenvalue weighted by atomic mass is 16.5. The lowest BCUT2D eigenvalue weighted by atomic mass is 10.1. The lowest BCUT2D eigenvalue weighted by molar-refractivity contribution is -0.138. The van der Waals surface area contributed by atoms with E-state index >= 15 is 0 Å². The van der Waals surface area contributed by atoms with Crippen molar-refractivity contribution in [3.05, 3.63) is 0 Å². The summed E-state index contributed by atoms with van der Waals surface area (Å²) in [5.41, 5.74) is 0. The molecule has 0 fully saturated rings. The molecule has 6 heteroatoms. The zero-order chi connectivity index (χ0) is 22.9. The molecule has 0 radical (unpaired) electrons. The lowest BCUT2D eigenvalue weighted by Crippen LogP contribution is -2.02. The Hall–Kier alpha value is -1.14. The Morgan fingerprint density at radius 2 is 0.833 bits per heavy atom. The van der Waals surface area contributed by atoms with Crippen molar-refractivity contribution >= 4 is 11.9 Å². The maximum absolute atomic E-state index is 10.1. The first-order chi connectivity index (χ1) is 14.4. The van der Waals surface area contributed by atoms with Gasteiger partial charge in [0.15, 0.2) is 6.29 Å². The van der Waals surface area contributed by atoms with Gasteiger partial charge in [-0.1, -0.05) is 96.8 Å². The molecule has 0 heterocycles. The molecule has 0 aliphatic rings. The quantitative estimate of drug-likeness (QED) is 0.125. The van der Waals surface area contributed by atoms with Crippen molar-refractivity contribution in [2.24, 2.45) is 0 Å². The van der Waals surface area contributed by atoms with Crippen molar-refractivity contribution in [1.82, 2.24) is 0 Å². The van der Waals surface area contributed by atoms with Crippen LogP contribution in [0.15, 0.2) is 0 Å². The summed E-state index contributed by atoms with van der Waals surface area (Å²) < 4.78 is 0. The second-order valence-electron chi connectivity index (χ2n) is 8.21. The molecule has 180 valence electrons. The average molecular weight is 433 g/mol. The number of carboxylic acids is 2. The monoisotopic (exact) mass is 432 g/mol. The zero-order valence-electron chi connectivity index (χ0n) is 19.3. The first kappa shape index (κ1) is 31.0. The minimum Gasteiger partial charge on any atom is -0.481 e. The predicted molar refractivity (Wildman–Crippen MR) is 122 cm³/mol. The molecule has 0 saturated carbocycles. The van der Waals surface area contributed by atoms with Gasteiger partial charge in [0.1, 0.15) is 0 Å². The summed E-state index contributed by atoms with van der Waals surface area (Å²) >= 11 is 0. The van der Waals surface area contributed by atoms with Crippen molar-refractivity contribution < 1.29 is 30.0 Å². The molecule has 4 N–H and O–H groups in total. The van der Waals surface area contributed by atoms with Crippen molar-refractivity contribution in [2.45, 2.75) is 142 Å². The molecule has 0 amide bonds. The fraction of sp³-hybridized carbons (Fsp3) is 0.917. The average Bonchev–Trinajstić information content (AvgIpc) is 2.68. The van der Waals surface area contributed by atoms with E-state index in [9.17, 15) is 9.59 Å². The maximum atomic E-state index is 10.1. The Kier molecular flexibility index (Phi) is 26.8. The van der Waals surface area contributed by atoms with Crippen LogP contribution in [0.25, 0.3) is 0 Å². The highest BCUT2D eigenvalue weighted by molar-refractivity contribution is 5.66. The third-order valence-electron chi connectivity index (χ3n) is 5.10. The van der Waals surface area contributed by atoms with Crippen LogP contribution >= 0.6 is 0 Å². The summed E-state index contributed by atoms with van der Waals surface area (Å²) in [4.78, 5) is 20.3. The van der Waals surface area contributed by atoms with Gasteiger partial charge in [0.2, 0.25) is 0 Å². The smallest absolute Gasteiger partial charge is 0.303 e. The minimum atomic E-state index is -1.10. The van der Waals surface area contributed by atoms with E-state index in [-0.39, 0.29) is 12.8 Å². The zero-order valence-corrected chi connectivity index (χ0v) is 19.3. The third kappa shape index (κ3) is 34.4. The van der Waals surface area contributed by atoms with E-state index in [1.807, 2.05) is 0 Å². The van der Waals surface area contributed by atoms with Crippen LogP contribution in [0.3, 0.4) is 0 Å². The van der Waals surface area contributed by atoms with Crippen LogP contribution in [-0.2, 0) is 9.59 Å². The van der Waals surface area contributed by atoms with Crippen molar-refractivity contribution in [3.8, 4) is 0 Å². The molecule has 6 nitrogen and oxygen atoms in total. The van der Waals surface area contributed by atoms with Gasteiger partial charge in [0.25, 0.3) is 0 Å². The van der Waals surface area contributed by atoms with Crippen LogP contribution in [0.2, 0.25) is 0 Å². The number of aliphatic hydroxyl groups excluding tert-OH is 1. The minimum absolute atomic E-state index is 0.245. The molecular weight excluding hydrogens is 384 g/mol. The third-order valence-corrected chi connectivity index (χ3v) is 5.10. The summed E-state index contributed by atoms with van der Waals surface area (Å²) in [5.74, 6) is -1.48. The van der Waals surface area contributed by atoms with Crippen molar-refractivity contribution in [3.63, 3.8) is 0 Å². The Bertz CT molecular complexity index is 351. The molecule has 0 aromatic rings. The van der Waals surface area contributed by atoms with Gasteiger partial charge in [-0.25, -0.2) is 0 Å². The largest absolute Gasteiger partial charge is 0.481 e. The van der Waals surface area contributed by atoms with Gasteiger partial charge in [-0.3, -0.25) is 9.59 Å². The normalized spacial score (nSPS) is 10.7. The lowest BCUT2D eigenvalue weighted by Gasteiger charge is -2.03. The SMILES string of the molecule is CCCCCCCCCCCCCC(O)O.O=C(O)CCCCCCCCC(=O)O. The van der Waals surface area contributed by atoms with Gasteiger partial charge >= 0.3 is 11.9 Å². The Labute approximate surface area is 184 Å². The van der Waals surface area contributed by atoms with E-state index in [0.717, 1.165) is 51.4 Å². The van der Waals surface area contributed by atoms with Crippen molar-refractivity contribution in [2.75, 3.05) is 0 Å². The predicted octanol–water partition coefficient (Wildman–Crippen LogP) is 6.27. The first-order valence-corrected chi connectivity index (χ1v) is 12.2. The van der Waals surface area contributed by atoms with Crippen LogP contribution in [0.1, 0.15) is 135 Å².